The first-order valence-corrected chi connectivity index (χ1v) is 8.42. The van der Waals surface area contributed by atoms with Gasteiger partial charge in [-0.3, -0.25) is 0 Å². The molecule has 0 bridgehead atoms. The summed E-state index contributed by atoms with van der Waals surface area (Å²) in [7, 11) is 2.02. The van der Waals surface area contributed by atoms with Gasteiger partial charge >= 0.3 is 11.9 Å². The van der Waals surface area contributed by atoms with E-state index >= 15 is 0 Å². The normalized spacial score (nSPS) is 20.5. The number of carbonyl (C=O) groups is 2. The molecular weight excluding hydrogens is 341 g/mol. The molecule has 3 rings (SSSR count). The number of piperazine rings is 1. The first-order chi connectivity index (χ1) is 12.3. The van der Waals surface area contributed by atoms with Crippen molar-refractivity contribution < 1.29 is 23.5 Å². The van der Waals surface area contributed by atoms with Gasteiger partial charge in [-0.15, -0.1) is 0 Å². The Kier molecular flexibility index (Phi) is 4.86. The highest BCUT2D eigenvalue weighted by Crippen LogP contribution is 2.31. The summed E-state index contributed by atoms with van der Waals surface area (Å²) >= 11 is 0. The summed E-state index contributed by atoms with van der Waals surface area (Å²) in [5, 5.41) is 2.86. The van der Waals surface area contributed by atoms with Crippen molar-refractivity contribution in [2.24, 2.45) is 0 Å². The van der Waals surface area contributed by atoms with Gasteiger partial charge in [0.2, 0.25) is 0 Å². The summed E-state index contributed by atoms with van der Waals surface area (Å²) in [6, 6.07) is 4.64. The van der Waals surface area contributed by atoms with Crippen molar-refractivity contribution in [3.8, 4) is 0 Å². The number of carbonyl (C=O) groups excluding carboxylic acids is 2. The van der Waals surface area contributed by atoms with Crippen LogP contribution < -0.4 is 10.2 Å². The molecule has 2 fully saturated rings. The number of hydrogen-bond acceptors (Lipinski definition) is 7. The van der Waals surface area contributed by atoms with Gasteiger partial charge in [-0.2, -0.15) is 0 Å². The van der Waals surface area contributed by atoms with E-state index < -0.39 is 17.7 Å². The number of likely N-dealkylation sites (N-methyl/N-ethyl adjacent to an activating group) is 1. The minimum absolute atomic E-state index is 0.266. The molecule has 0 saturated carbocycles. The van der Waals surface area contributed by atoms with Crippen LogP contribution in [-0.4, -0.2) is 55.9 Å². The van der Waals surface area contributed by atoms with Crippen LogP contribution in [0.5, 0.6) is 0 Å². The van der Waals surface area contributed by atoms with Crippen molar-refractivity contribution in [2.45, 2.75) is 19.6 Å². The second kappa shape index (κ2) is 6.95. The number of nitrogens with zero attached hydrogens (tertiary/aromatic N) is 2. The number of hydrogen-bond donors (Lipinski definition) is 1. The number of nitrogens with one attached hydrogen (secondary N) is 1. The predicted octanol–water partition coefficient (Wildman–Crippen LogP) is 1.71. The zero-order valence-electron chi connectivity index (χ0n) is 15.0. The number of benzene rings is 1. The van der Waals surface area contributed by atoms with Crippen LogP contribution in [0, 0.1) is 5.82 Å². The van der Waals surface area contributed by atoms with Crippen molar-refractivity contribution >= 4 is 23.3 Å². The molecule has 1 aromatic carbocycles. The van der Waals surface area contributed by atoms with Gasteiger partial charge in [0.15, 0.2) is 5.57 Å². The molecule has 2 aliphatic rings. The van der Waals surface area contributed by atoms with Gasteiger partial charge in [-0.05, 0) is 19.2 Å². The molecule has 0 aromatic heterocycles. The van der Waals surface area contributed by atoms with Crippen LogP contribution in [0.2, 0.25) is 0 Å². The van der Waals surface area contributed by atoms with E-state index in [1.54, 1.807) is 12.1 Å². The lowest BCUT2D eigenvalue weighted by atomic mass is 10.2. The number of esters is 2. The number of cyclic esters (lactones) is 2. The maximum atomic E-state index is 14.5. The number of ether oxygens (including phenoxy) is 2. The van der Waals surface area contributed by atoms with Gasteiger partial charge in [-0.25, -0.2) is 14.0 Å². The Morgan fingerprint density at radius 3 is 2.35 bits per heavy atom. The molecule has 2 saturated heterocycles. The summed E-state index contributed by atoms with van der Waals surface area (Å²) < 4.78 is 24.5. The van der Waals surface area contributed by atoms with Gasteiger partial charge in [0.05, 0.1) is 11.4 Å². The van der Waals surface area contributed by atoms with Crippen molar-refractivity contribution in [1.82, 2.24) is 4.90 Å². The molecule has 0 radical (unpaired) electrons. The molecule has 0 spiro atoms. The third-order valence-electron chi connectivity index (χ3n) is 4.30. The van der Waals surface area contributed by atoms with Gasteiger partial charge in [-0.1, -0.05) is 6.07 Å². The van der Waals surface area contributed by atoms with Crippen LogP contribution in [0.15, 0.2) is 30.0 Å². The first kappa shape index (κ1) is 18.2. The lowest BCUT2D eigenvalue weighted by molar-refractivity contribution is -0.222. The molecule has 2 heterocycles. The molecule has 1 N–H and O–H groups in total. The molecule has 26 heavy (non-hydrogen) atoms. The second-order valence-electron chi connectivity index (χ2n) is 6.81. The van der Waals surface area contributed by atoms with E-state index in [1.807, 2.05) is 11.9 Å². The molecule has 0 amide bonds. The van der Waals surface area contributed by atoms with Crippen LogP contribution in [-0.2, 0) is 19.1 Å². The predicted molar refractivity (Wildman–Crippen MR) is 94.1 cm³/mol. The minimum atomic E-state index is -1.30. The van der Waals surface area contributed by atoms with E-state index in [1.165, 1.54) is 26.1 Å². The van der Waals surface area contributed by atoms with Crippen molar-refractivity contribution in [3.63, 3.8) is 0 Å². The zero-order valence-corrected chi connectivity index (χ0v) is 15.0. The Hall–Kier alpha value is -2.61. The van der Waals surface area contributed by atoms with Gasteiger partial charge in [0, 0.05) is 46.2 Å². The molecule has 2 aliphatic heterocycles. The lowest BCUT2D eigenvalue weighted by Gasteiger charge is -2.35. The van der Waals surface area contributed by atoms with Gasteiger partial charge in [0.25, 0.3) is 5.79 Å². The van der Waals surface area contributed by atoms with Crippen molar-refractivity contribution in [1.29, 1.82) is 0 Å². The Bertz CT molecular complexity index is 733. The summed E-state index contributed by atoms with van der Waals surface area (Å²) in [6.45, 7) is 5.96. The summed E-state index contributed by atoms with van der Waals surface area (Å²) in [4.78, 5) is 28.1. The van der Waals surface area contributed by atoms with E-state index in [9.17, 15) is 14.0 Å². The molecular formula is C18H22FN3O4. The van der Waals surface area contributed by atoms with Gasteiger partial charge in [0.1, 0.15) is 5.82 Å². The molecule has 1 aromatic rings. The smallest absolute Gasteiger partial charge is 0.350 e. The Morgan fingerprint density at radius 1 is 1.12 bits per heavy atom. The van der Waals surface area contributed by atoms with E-state index in [-0.39, 0.29) is 11.4 Å². The Balaban J connectivity index is 1.83. The minimum Gasteiger partial charge on any atom is -0.419 e. The van der Waals surface area contributed by atoms with E-state index in [4.69, 9.17) is 9.47 Å². The monoisotopic (exact) mass is 363 g/mol. The maximum Gasteiger partial charge on any atom is 0.350 e. The quantitative estimate of drug-likeness (QED) is 0.498. The van der Waals surface area contributed by atoms with Crippen LogP contribution in [0.1, 0.15) is 13.8 Å². The second-order valence-corrected chi connectivity index (χ2v) is 6.81. The number of para-hydroxylation sites is 1. The summed E-state index contributed by atoms with van der Waals surface area (Å²) in [5.41, 5.74) is 0.612. The molecule has 140 valence electrons. The summed E-state index contributed by atoms with van der Waals surface area (Å²) in [6.07, 6.45) is 1.20. The first-order valence-electron chi connectivity index (χ1n) is 8.42. The van der Waals surface area contributed by atoms with Crippen LogP contribution in [0.3, 0.4) is 0 Å². The fourth-order valence-corrected chi connectivity index (χ4v) is 2.91. The fourth-order valence-electron chi connectivity index (χ4n) is 2.91. The van der Waals surface area contributed by atoms with Crippen LogP contribution in [0.4, 0.5) is 15.8 Å². The number of rotatable bonds is 3. The molecule has 7 nitrogen and oxygen atoms in total. The average molecular weight is 363 g/mol. The number of halogens is 1. The van der Waals surface area contributed by atoms with Crippen molar-refractivity contribution in [2.75, 3.05) is 43.4 Å². The molecule has 0 atom stereocenters. The molecule has 0 unspecified atom stereocenters. The summed E-state index contributed by atoms with van der Waals surface area (Å²) in [5.74, 6) is -3.23. The third kappa shape index (κ3) is 3.80. The third-order valence-corrected chi connectivity index (χ3v) is 4.30. The highest BCUT2D eigenvalue weighted by atomic mass is 19.1. The average Bonchev–Trinajstić information content (AvgIpc) is 2.54. The van der Waals surface area contributed by atoms with E-state index in [0.717, 1.165) is 13.1 Å². The van der Waals surface area contributed by atoms with E-state index in [2.05, 4.69) is 10.2 Å². The van der Waals surface area contributed by atoms with Crippen molar-refractivity contribution in [3.05, 3.63) is 35.8 Å². The Labute approximate surface area is 151 Å². The highest BCUT2D eigenvalue weighted by molar-refractivity contribution is 6.15. The zero-order chi connectivity index (χ0) is 18.9. The number of anilines is 2. The SMILES string of the molecule is CN1CCN(c2c(F)cccc2NC=C2C(=O)OC(C)(C)OC2=O)CC1. The van der Waals surface area contributed by atoms with Crippen LogP contribution >= 0.6 is 0 Å². The topological polar surface area (TPSA) is 71.1 Å². The van der Waals surface area contributed by atoms with Crippen LogP contribution in [0.25, 0.3) is 0 Å². The molecule has 0 aliphatic carbocycles. The highest BCUT2D eigenvalue weighted by Gasteiger charge is 2.39. The molecule has 8 heteroatoms. The largest absolute Gasteiger partial charge is 0.419 e. The lowest BCUT2D eigenvalue weighted by Crippen LogP contribution is -2.45. The standard InChI is InChI=1S/C18H22FN3O4/c1-18(2)25-16(23)12(17(24)26-18)11-20-14-6-4-5-13(19)15(14)22-9-7-21(3)8-10-22/h4-6,11,20H,7-10H2,1-3H3. The van der Waals surface area contributed by atoms with Gasteiger partial charge < -0.3 is 24.6 Å². The Morgan fingerprint density at radius 2 is 1.73 bits per heavy atom. The fraction of sp³-hybridized carbons (Fsp3) is 0.444. The maximum absolute atomic E-state index is 14.5. The van der Waals surface area contributed by atoms with E-state index in [0.29, 0.717) is 24.5 Å².